The molecule has 0 aliphatic carbocycles. The molecule has 1 saturated heterocycles. The van der Waals surface area contributed by atoms with Crippen molar-refractivity contribution in [3.05, 3.63) is 40.6 Å². The third-order valence-corrected chi connectivity index (χ3v) is 4.85. The third-order valence-electron chi connectivity index (χ3n) is 4.32. The SMILES string of the molecule is CN1CCN(CC(O)COCc2cc(-c3ccc(Br)cc3)no2)CC1. The zero-order valence-corrected chi connectivity index (χ0v) is 16.0. The van der Waals surface area contributed by atoms with Crippen molar-refractivity contribution in [2.24, 2.45) is 0 Å². The van der Waals surface area contributed by atoms with E-state index in [-0.39, 0.29) is 0 Å². The monoisotopic (exact) mass is 409 g/mol. The highest BCUT2D eigenvalue weighted by molar-refractivity contribution is 9.10. The summed E-state index contributed by atoms with van der Waals surface area (Å²) in [5.41, 5.74) is 1.78. The highest BCUT2D eigenvalue weighted by Crippen LogP contribution is 2.21. The molecule has 7 heteroatoms. The number of ether oxygens (including phenoxy) is 1. The Labute approximate surface area is 156 Å². The number of likely N-dealkylation sites (N-methyl/N-ethyl adjacent to an activating group) is 1. The van der Waals surface area contributed by atoms with Gasteiger partial charge in [-0.2, -0.15) is 0 Å². The molecule has 1 unspecified atom stereocenters. The minimum absolute atomic E-state index is 0.292. The van der Waals surface area contributed by atoms with Gasteiger partial charge in [-0.05, 0) is 19.2 Å². The van der Waals surface area contributed by atoms with Gasteiger partial charge < -0.3 is 19.3 Å². The first-order valence-electron chi connectivity index (χ1n) is 8.48. The van der Waals surface area contributed by atoms with Crippen molar-refractivity contribution in [3.63, 3.8) is 0 Å². The molecule has 0 amide bonds. The van der Waals surface area contributed by atoms with Crippen LogP contribution in [-0.2, 0) is 11.3 Å². The Morgan fingerprint density at radius 2 is 1.96 bits per heavy atom. The van der Waals surface area contributed by atoms with Crippen LogP contribution in [0.2, 0.25) is 0 Å². The van der Waals surface area contributed by atoms with Crippen LogP contribution >= 0.6 is 15.9 Å². The minimum atomic E-state index is -0.489. The van der Waals surface area contributed by atoms with Gasteiger partial charge in [0.1, 0.15) is 12.3 Å². The van der Waals surface area contributed by atoms with Crippen molar-refractivity contribution in [3.8, 4) is 11.3 Å². The summed E-state index contributed by atoms with van der Waals surface area (Å²) in [6.45, 7) is 5.33. The van der Waals surface area contributed by atoms with E-state index in [1.54, 1.807) is 0 Å². The fourth-order valence-corrected chi connectivity index (χ4v) is 3.08. The van der Waals surface area contributed by atoms with Crippen molar-refractivity contribution in [1.82, 2.24) is 15.0 Å². The lowest BCUT2D eigenvalue weighted by Gasteiger charge is -2.33. The molecule has 136 valence electrons. The van der Waals surface area contributed by atoms with Crippen molar-refractivity contribution >= 4 is 15.9 Å². The Kier molecular flexibility index (Phi) is 6.61. The Bertz CT molecular complexity index is 654. The predicted octanol–water partition coefficient (Wildman–Crippen LogP) is 2.23. The van der Waals surface area contributed by atoms with Crippen LogP contribution in [0.4, 0.5) is 0 Å². The van der Waals surface area contributed by atoms with Gasteiger partial charge in [0.25, 0.3) is 0 Å². The molecule has 0 radical (unpaired) electrons. The summed E-state index contributed by atoms with van der Waals surface area (Å²) in [7, 11) is 2.12. The Morgan fingerprint density at radius 1 is 1.24 bits per heavy atom. The van der Waals surface area contributed by atoms with Crippen LogP contribution in [0.15, 0.2) is 39.3 Å². The van der Waals surface area contributed by atoms with Gasteiger partial charge in [-0.15, -0.1) is 0 Å². The molecule has 1 aromatic carbocycles. The minimum Gasteiger partial charge on any atom is -0.389 e. The topological polar surface area (TPSA) is 62.0 Å². The average Bonchev–Trinajstić information content (AvgIpc) is 3.06. The van der Waals surface area contributed by atoms with Gasteiger partial charge in [-0.25, -0.2) is 0 Å². The van der Waals surface area contributed by atoms with Crippen LogP contribution in [-0.4, -0.2) is 72.5 Å². The lowest BCUT2D eigenvalue weighted by Crippen LogP contribution is -2.47. The summed E-state index contributed by atoms with van der Waals surface area (Å²) < 4.78 is 11.9. The van der Waals surface area contributed by atoms with E-state index in [1.165, 1.54) is 0 Å². The van der Waals surface area contributed by atoms with Gasteiger partial charge in [0, 0.05) is 48.8 Å². The Hall–Kier alpha value is -1.25. The second kappa shape index (κ2) is 8.91. The molecule has 25 heavy (non-hydrogen) atoms. The number of β-amino-alcohol motifs (C(OH)–C–C–N with tert-alkyl or cyclic N) is 1. The summed E-state index contributed by atoms with van der Waals surface area (Å²) in [6.07, 6.45) is -0.489. The van der Waals surface area contributed by atoms with Crippen molar-refractivity contribution < 1.29 is 14.4 Å². The van der Waals surface area contributed by atoms with Crippen LogP contribution in [0.5, 0.6) is 0 Å². The maximum atomic E-state index is 10.1. The fourth-order valence-electron chi connectivity index (χ4n) is 2.81. The van der Waals surface area contributed by atoms with Gasteiger partial charge in [-0.1, -0.05) is 33.2 Å². The second-order valence-corrected chi connectivity index (χ2v) is 7.37. The van der Waals surface area contributed by atoms with Crippen molar-refractivity contribution in [2.75, 3.05) is 46.4 Å². The first-order valence-corrected chi connectivity index (χ1v) is 9.27. The predicted molar refractivity (Wildman–Crippen MR) is 99.2 cm³/mol. The van der Waals surface area contributed by atoms with E-state index >= 15 is 0 Å². The zero-order valence-electron chi connectivity index (χ0n) is 14.4. The second-order valence-electron chi connectivity index (χ2n) is 6.46. The molecular formula is C18H24BrN3O3. The van der Waals surface area contributed by atoms with Crippen LogP contribution in [0.3, 0.4) is 0 Å². The molecule has 1 aromatic heterocycles. The molecule has 2 aromatic rings. The summed E-state index contributed by atoms with van der Waals surface area (Å²) in [5, 5.41) is 14.2. The molecule has 1 N–H and O–H groups in total. The number of benzene rings is 1. The average molecular weight is 410 g/mol. The molecule has 2 heterocycles. The number of halogens is 1. The van der Waals surface area contributed by atoms with E-state index in [1.807, 2.05) is 30.3 Å². The van der Waals surface area contributed by atoms with E-state index in [0.29, 0.717) is 25.5 Å². The van der Waals surface area contributed by atoms with Crippen LogP contribution in [0.1, 0.15) is 5.76 Å². The largest absolute Gasteiger partial charge is 0.389 e. The summed E-state index contributed by atoms with van der Waals surface area (Å²) in [5.74, 6) is 0.657. The number of nitrogens with zero attached hydrogens (tertiary/aromatic N) is 3. The molecular weight excluding hydrogens is 386 g/mol. The van der Waals surface area contributed by atoms with Crippen LogP contribution in [0.25, 0.3) is 11.3 Å². The van der Waals surface area contributed by atoms with E-state index in [9.17, 15) is 5.11 Å². The number of piperazine rings is 1. The highest BCUT2D eigenvalue weighted by Gasteiger charge is 2.17. The molecule has 1 aliphatic rings. The summed E-state index contributed by atoms with van der Waals surface area (Å²) in [4.78, 5) is 4.57. The number of hydrogen-bond acceptors (Lipinski definition) is 6. The Balaban J connectivity index is 1.41. The normalized spacial score (nSPS) is 17.7. The van der Waals surface area contributed by atoms with Gasteiger partial charge in [0.15, 0.2) is 5.76 Å². The molecule has 6 nitrogen and oxygen atoms in total. The van der Waals surface area contributed by atoms with Crippen molar-refractivity contribution in [1.29, 1.82) is 0 Å². The number of aliphatic hydroxyl groups is 1. The standard InChI is InChI=1S/C18H24BrN3O3/c1-21-6-8-22(9-7-21)11-16(23)12-24-13-17-10-18(20-25-17)14-2-4-15(19)5-3-14/h2-5,10,16,23H,6-9,11-13H2,1H3. The van der Waals surface area contributed by atoms with E-state index in [0.717, 1.165) is 41.9 Å². The number of aromatic nitrogens is 1. The van der Waals surface area contributed by atoms with Gasteiger partial charge in [0.05, 0.1) is 12.7 Å². The van der Waals surface area contributed by atoms with Crippen molar-refractivity contribution in [2.45, 2.75) is 12.7 Å². The maximum absolute atomic E-state index is 10.1. The molecule has 0 saturated carbocycles. The number of aliphatic hydroxyl groups excluding tert-OH is 1. The molecule has 0 spiro atoms. The highest BCUT2D eigenvalue weighted by atomic mass is 79.9. The fraction of sp³-hybridized carbons (Fsp3) is 0.500. The van der Waals surface area contributed by atoms with Crippen LogP contribution in [0, 0.1) is 0 Å². The number of hydrogen-bond donors (Lipinski definition) is 1. The van der Waals surface area contributed by atoms with E-state index in [4.69, 9.17) is 9.26 Å². The lowest BCUT2D eigenvalue weighted by molar-refractivity contribution is -0.00229. The lowest BCUT2D eigenvalue weighted by atomic mass is 10.1. The van der Waals surface area contributed by atoms with E-state index in [2.05, 4.69) is 37.9 Å². The Morgan fingerprint density at radius 3 is 2.68 bits per heavy atom. The summed E-state index contributed by atoms with van der Waals surface area (Å²) in [6, 6.07) is 9.76. The zero-order chi connectivity index (χ0) is 17.6. The van der Waals surface area contributed by atoms with Gasteiger partial charge in [-0.3, -0.25) is 4.90 Å². The summed E-state index contributed by atoms with van der Waals surface area (Å²) >= 11 is 3.42. The molecule has 1 atom stereocenters. The molecule has 1 fully saturated rings. The number of rotatable bonds is 7. The quantitative estimate of drug-likeness (QED) is 0.756. The molecule has 3 rings (SSSR count). The maximum Gasteiger partial charge on any atom is 0.163 e. The van der Waals surface area contributed by atoms with Gasteiger partial charge in [0.2, 0.25) is 0 Å². The van der Waals surface area contributed by atoms with Gasteiger partial charge >= 0.3 is 0 Å². The molecule has 0 bridgehead atoms. The van der Waals surface area contributed by atoms with E-state index < -0.39 is 6.10 Å². The van der Waals surface area contributed by atoms with Crippen LogP contribution < -0.4 is 0 Å². The smallest absolute Gasteiger partial charge is 0.163 e. The third kappa shape index (κ3) is 5.62. The first-order chi connectivity index (χ1) is 12.1. The molecule has 1 aliphatic heterocycles. The first kappa shape index (κ1) is 18.5.